The molecule has 7 heteroatoms. The van der Waals surface area contributed by atoms with E-state index in [1.807, 2.05) is 0 Å². The molecule has 0 radical (unpaired) electrons. The van der Waals surface area contributed by atoms with Gasteiger partial charge in [-0.3, -0.25) is 4.79 Å². The molecule has 0 aromatic carbocycles. The molecule has 0 saturated heterocycles. The van der Waals surface area contributed by atoms with E-state index in [-0.39, 0.29) is 18.7 Å². The van der Waals surface area contributed by atoms with E-state index < -0.39 is 18.0 Å². The lowest BCUT2D eigenvalue weighted by Gasteiger charge is -2.29. The summed E-state index contributed by atoms with van der Waals surface area (Å²) in [7, 11) is 0. The van der Waals surface area contributed by atoms with Crippen LogP contribution in [0.15, 0.2) is 16.7 Å². The molecule has 1 N–H and O–H groups in total. The van der Waals surface area contributed by atoms with Crippen molar-refractivity contribution in [2.24, 2.45) is 11.8 Å². The molecule has 3 nitrogen and oxygen atoms in total. The van der Waals surface area contributed by atoms with Crippen LogP contribution in [0.25, 0.3) is 0 Å². The summed E-state index contributed by atoms with van der Waals surface area (Å²) in [5, 5.41) is 2.69. The van der Waals surface area contributed by atoms with Crippen LogP contribution in [-0.4, -0.2) is 17.1 Å². The van der Waals surface area contributed by atoms with Crippen molar-refractivity contribution < 1.29 is 18.0 Å². The number of alkyl halides is 3. The number of halogens is 4. The van der Waals surface area contributed by atoms with Crippen LogP contribution in [0.4, 0.5) is 18.9 Å². The van der Waals surface area contributed by atoms with Crippen LogP contribution in [0.1, 0.15) is 31.4 Å². The Morgan fingerprint density at radius 3 is 2.71 bits per heavy atom. The largest absolute Gasteiger partial charge is 0.391 e. The van der Waals surface area contributed by atoms with E-state index in [2.05, 4.69) is 26.2 Å². The number of nitrogens with zero attached hydrogens (tertiary/aromatic N) is 1. The maximum absolute atomic E-state index is 12.8. The van der Waals surface area contributed by atoms with Gasteiger partial charge in [0.25, 0.3) is 0 Å². The van der Waals surface area contributed by atoms with Gasteiger partial charge in [0.05, 0.1) is 17.3 Å². The second-order valence-corrected chi connectivity index (χ2v) is 6.17. The van der Waals surface area contributed by atoms with E-state index in [1.54, 1.807) is 19.1 Å². The Hall–Kier alpha value is -1.11. The molecule has 1 aliphatic carbocycles. The number of aromatic nitrogens is 1. The number of nitrogens with one attached hydrogen (secondary N) is 1. The molecule has 2 unspecified atom stereocenters. The van der Waals surface area contributed by atoms with Gasteiger partial charge < -0.3 is 5.32 Å². The highest BCUT2D eigenvalue weighted by Gasteiger charge is 2.43. The van der Waals surface area contributed by atoms with Crippen molar-refractivity contribution in [1.82, 2.24) is 4.98 Å². The van der Waals surface area contributed by atoms with Crippen LogP contribution in [0.2, 0.25) is 0 Å². The molecule has 0 aliphatic heterocycles. The standard InChI is InChI=1S/C14H16BrF3N2O/c1-8-11(5-6-12(15)19-8)20-13(21)9-3-2-4-10(7-9)14(16,17)18/h5-6,9-10H,2-4,7H2,1H3,(H,20,21). The highest BCUT2D eigenvalue weighted by molar-refractivity contribution is 9.10. The quantitative estimate of drug-likeness (QED) is 0.787. The van der Waals surface area contributed by atoms with Crippen molar-refractivity contribution in [1.29, 1.82) is 0 Å². The predicted molar refractivity (Wildman–Crippen MR) is 76.8 cm³/mol. The lowest BCUT2D eigenvalue weighted by molar-refractivity contribution is -0.185. The number of carbonyl (C=O) groups excluding carboxylic acids is 1. The van der Waals surface area contributed by atoms with Crippen molar-refractivity contribution in [2.75, 3.05) is 5.32 Å². The first-order valence-corrected chi connectivity index (χ1v) is 7.57. The summed E-state index contributed by atoms with van der Waals surface area (Å²) in [6.07, 6.45) is -3.29. The number of pyridine rings is 1. The van der Waals surface area contributed by atoms with Crippen LogP contribution in [-0.2, 0) is 4.79 Å². The Balaban J connectivity index is 2.03. The van der Waals surface area contributed by atoms with Gasteiger partial charge in [0, 0.05) is 5.92 Å². The third-order valence-corrected chi connectivity index (χ3v) is 4.26. The summed E-state index contributed by atoms with van der Waals surface area (Å²) in [5.74, 6) is -2.31. The zero-order valence-corrected chi connectivity index (χ0v) is 13.1. The molecule has 21 heavy (non-hydrogen) atoms. The normalized spacial score (nSPS) is 22.9. The van der Waals surface area contributed by atoms with E-state index in [1.165, 1.54) is 0 Å². The fraction of sp³-hybridized carbons (Fsp3) is 0.571. The van der Waals surface area contributed by atoms with Gasteiger partial charge in [-0.15, -0.1) is 0 Å². The van der Waals surface area contributed by atoms with E-state index in [4.69, 9.17) is 0 Å². The molecule has 0 spiro atoms. The molecular weight excluding hydrogens is 349 g/mol. The third-order valence-electron chi connectivity index (χ3n) is 3.82. The summed E-state index contributed by atoms with van der Waals surface area (Å²) in [4.78, 5) is 16.3. The molecule has 1 aromatic heterocycles. The minimum Gasteiger partial charge on any atom is -0.324 e. The Kier molecular flexibility index (Phi) is 4.91. The lowest BCUT2D eigenvalue weighted by atomic mass is 9.80. The van der Waals surface area contributed by atoms with E-state index in [0.29, 0.717) is 28.8 Å². The summed E-state index contributed by atoms with van der Waals surface area (Å²) in [5.41, 5.74) is 1.17. The van der Waals surface area contributed by atoms with Crippen LogP contribution in [0, 0.1) is 18.8 Å². The zero-order valence-electron chi connectivity index (χ0n) is 11.5. The lowest BCUT2D eigenvalue weighted by Crippen LogP contribution is -2.34. The monoisotopic (exact) mass is 364 g/mol. The van der Waals surface area contributed by atoms with Crippen molar-refractivity contribution in [3.05, 3.63) is 22.4 Å². The van der Waals surface area contributed by atoms with Gasteiger partial charge in [-0.2, -0.15) is 13.2 Å². The summed E-state index contributed by atoms with van der Waals surface area (Å²) in [6.45, 7) is 1.74. The molecule has 1 amide bonds. The average Bonchev–Trinajstić information content (AvgIpc) is 2.41. The Morgan fingerprint density at radius 1 is 1.38 bits per heavy atom. The maximum Gasteiger partial charge on any atom is 0.391 e. The van der Waals surface area contributed by atoms with Gasteiger partial charge >= 0.3 is 6.18 Å². The number of rotatable bonds is 2. The molecule has 1 heterocycles. The Bertz CT molecular complexity index is 533. The van der Waals surface area contributed by atoms with Crippen molar-refractivity contribution in [3.63, 3.8) is 0 Å². The van der Waals surface area contributed by atoms with E-state index in [9.17, 15) is 18.0 Å². The third kappa shape index (κ3) is 4.18. The fourth-order valence-corrected chi connectivity index (χ4v) is 3.02. The number of hydrogen-bond acceptors (Lipinski definition) is 2. The van der Waals surface area contributed by atoms with E-state index >= 15 is 0 Å². The van der Waals surface area contributed by atoms with Gasteiger partial charge in [-0.05, 0) is 54.2 Å². The number of anilines is 1. The molecule has 0 bridgehead atoms. The number of amides is 1. The second kappa shape index (κ2) is 6.34. The van der Waals surface area contributed by atoms with Crippen LogP contribution in [0.3, 0.4) is 0 Å². The highest BCUT2D eigenvalue weighted by Crippen LogP contribution is 2.40. The average molecular weight is 365 g/mol. The molecule has 1 aliphatic rings. The zero-order chi connectivity index (χ0) is 15.6. The minimum absolute atomic E-state index is 0.117. The van der Waals surface area contributed by atoms with Crippen molar-refractivity contribution >= 4 is 27.5 Å². The first-order chi connectivity index (χ1) is 9.77. The summed E-state index contributed by atoms with van der Waals surface area (Å²) >= 11 is 3.22. The second-order valence-electron chi connectivity index (χ2n) is 5.36. The summed E-state index contributed by atoms with van der Waals surface area (Å²) < 4.78 is 38.9. The number of aryl methyl sites for hydroxylation is 1. The first kappa shape index (κ1) is 16.3. The Labute approximate surface area is 129 Å². The van der Waals surface area contributed by atoms with Crippen molar-refractivity contribution in [3.8, 4) is 0 Å². The molecule has 1 aromatic rings. The van der Waals surface area contributed by atoms with E-state index in [0.717, 1.165) is 0 Å². The molecular formula is C14H16BrF3N2O. The minimum atomic E-state index is -4.21. The smallest absolute Gasteiger partial charge is 0.324 e. The van der Waals surface area contributed by atoms with Gasteiger partial charge in [-0.25, -0.2) is 4.98 Å². The van der Waals surface area contributed by atoms with Crippen LogP contribution >= 0.6 is 15.9 Å². The number of hydrogen-bond donors (Lipinski definition) is 1. The molecule has 2 rings (SSSR count). The van der Waals surface area contributed by atoms with Crippen LogP contribution in [0.5, 0.6) is 0 Å². The molecule has 1 fully saturated rings. The SMILES string of the molecule is Cc1nc(Br)ccc1NC(=O)C1CCCC(C(F)(F)F)C1. The first-order valence-electron chi connectivity index (χ1n) is 6.78. The molecule has 1 saturated carbocycles. The van der Waals surface area contributed by atoms with Crippen molar-refractivity contribution in [2.45, 2.75) is 38.8 Å². The van der Waals surface area contributed by atoms with Gasteiger partial charge in [-0.1, -0.05) is 6.42 Å². The van der Waals surface area contributed by atoms with Gasteiger partial charge in [0.2, 0.25) is 5.91 Å². The fourth-order valence-electron chi connectivity index (χ4n) is 2.62. The predicted octanol–water partition coefficient (Wildman–Crippen LogP) is 4.46. The van der Waals surface area contributed by atoms with Gasteiger partial charge in [0.15, 0.2) is 0 Å². The Morgan fingerprint density at radius 2 is 2.10 bits per heavy atom. The molecule has 2 atom stereocenters. The summed E-state index contributed by atoms with van der Waals surface area (Å²) in [6, 6.07) is 3.37. The topological polar surface area (TPSA) is 42.0 Å². The molecule has 116 valence electrons. The maximum atomic E-state index is 12.8. The van der Waals surface area contributed by atoms with Crippen LogP contribution < -0.4 is 5.32 Å². The number of carbonyl (C=O) groups is 1. The highest BCUT2D eigenvalue weighted by atomic mass is 79.9. The van der Waals surface area contributed by atoms with Gasteiger partial charge in [0.1, 0.15) is 4.60 Å².